The van der Waals surface area contributed by atoms with Crippen LogP contribution in [-0.4, -0.2) is 102 Å². The van der Waals surface area contributed by atoms with Crippen LogP contribution >= 0.6 is 0 Å². The molecule has 0 aromatic carbocycles. The molecule has 0 radical (unpaired) electrons. The van der Waals surface area contributed by atoms with Gasteiger partial charge < -0.3 is 84.0 Å². The molecule has 0 unspecified atom stereocenters. The molecule has 20 nitrogen and oxygen atoms in total. The van der Waals surface area contributed by atoms with Gasteiger partial charge in [0.05, 0.1) is 0 Å². The standard InChI is InChI=1S/Cs.Mn.2H2O4S.12H2O/c;;2*1-5(2,3)4;;;;;;;;;;;;/h;;2*(H2,1,2,3,4);12*1H2/q+1;+3;;;;;;;;;;;;;;/p+2/i/hD24. The smallest absolute Gasteiger partial charge is 0.759 e. The second-order valence-corrected chi connectivity index (χ2v) is 2.45. The molecule has 0 rings (SSSR count). The Hall–Kier alpha value is 1.83. The van der Waals surface area contributed by atoms with Crippen molar-refractivity contribution in [1.29, 1.82) is 34.3 Å². The SMILES string of the molecule is O=S(=O)([O-])[O-].O=S(=O)([O-])[O-].[2H]O[2H].[2H]O[2H].[2H]O[2H].[2H]O[2H].[2H]O[2H].[2H]O[2H].[2H][OH+][2H].[2H][OH+][2H].[2H][OH+][2H].[2H][OH+][2H].[2H][OH+][2H].[2H][OH+][2H].[Cs+].[Mn+3]. The molecule has 0 spiro atoms. The molecule has 30 N–H and O–H groups in total. The summed E-state index contributed by atoms with van der Waals surface area (Å²) in [6.07, 6.45) is 0. The number of hydrogen-bond donors (Lipinski definition) is 0. The summed E-state index contributed by atoms with van der Waals surface area (Å²) < 4.78 is 199. The van der Waals surface area contributed by atoms with E-state index in [0.717, 1.165) is 0 Å². The van der Waals surface area contributed by atoms with E-state index in [0.29, 0.717) is 0 Å². The first-order chi connectivity index (χ1) is 21.0. The Morgan fingerprint density at radius 1 is 0.625 bits per heavy atom. The fraction of sp³-hybridized carbons (Fsp3) is 0. The van der Waals surface area contributed by atoms with Crippen LogP contribution in [0.3, 0.4) is 0 Å². The molecule has 0 aromatic rings. The zero-order chi connectivity index (χ0) is 41.5. The van der Waals surface area contributed by atoms with E-state index < -0.39 is 20.8 Å². The van der Waals surface area contributed by atoms with Crippen LogP contribution in [-0.2, 0) is 70.8 Å². The second-order valence-electron chi connectivity index (χ2n) is 0.816. The molecule has 0 saturated carbocycles. The Bertz CT molecular complexity index is 382. The van der Waals surface area contributed by atoms with Crippen molar-refractivity contribution in [3.8, 4) is 0 Å². The summed E-state index contributed by atoms with van der Waals surface area (Å²) in [6, 6.07) is 0. The Morgan fingerprint density at radius 3 is 0.625 bits per heavy atom. The van der Waals surface area contributed by atoms with Crippen LogP contribution in [0, 0.1) is 0 Å². The zero-order valence-electron chi connectivity index (χ0n) is 34.6. The van der Waals surface area contributed by atoms with E-state index in [1.807, 2.05) is 32.9 Å². The van der Waals surface area contributed by atoms with Crippen LogP contribution in [0.4, 0.5) is 0 Å². The minimum atomic E-state index is -5.17. The second kappa shape index (κ2) is 73.7. The van der Waals surface area contributed by atoms with Crippen LogP contribution in [0.5, 0.6) is 0 Å². The molecule has 164 valence electrons. The third kappa shape index (κ3) is 3700. The molecule has 0 aliphatic carbocycles. The topological polar surface area (TPSA) is 548 Å². The molecule has 0 bridgehead atoms. The summed E-state index contributed by atoms with van der Waals surface area (Å²) in [5.41, 5.74) is 28.5. The maximum absolute atomic E-state index is 8.52. The normalized spacial score (nSPS) is 14.8. The van der Waals surface area contributed by atoms with E-state index >= 15 is 0 Å². The van der Waals surface area contributed by atoms with Crippen LogP contribution < -0.4 is 68.9 Å². The average Bonchev–Trinajstić information content (AvgIpc) is 2.83. The van der Waals surface area contributed by atoms with Gasteiger partial charge in [0, 0.05) is 20.8 Å². The molecule has 0 atom stereocenters. The van der Waals surface area contributed by atoms with Crippen molar-refractivity contribution in [3.63, 3.8) is 0 Å². The van der Waals surface area contributed by atoms with Gasteiger partial charge in [-0.05, 0) is 0 Å². The van der Waals surface area contributed by atoms with Crippen molar-refractivity contribution in [2.75, 3.05) is 0 Å². The quantitative estimate of drug-likeness (QED) is 0.107. The molecule has 24 heavy (non-hydrogen) atoms. The predicted molar refractivity (Wildman–Crippen MR) is 71.9 cm³/mol. The Morgan fingerprint density at radius 2 is 0.625 bits per heavy atom. The Labute approximate surface area is 240 Å². The molecule has 0 aliphatic heterocycles. The van der Waals surface area contributed by atoms with Gasteiger partial charge in [0.15, 0.2) is 0 Å². The molecular formula is H30CsMnO20S2+6. The summed E-state index contributed by atoms with van der Waals surface area (Å²) in [5, 5.41) is 0. The van der Waals surface area contributed by atoms with Gasteiger partial charge in [0.2, 0.25) is 17.2 Å². The summed E-state index contributed by atoms with van der Waals surface area (Å²) >= 11 is 0. The van der Waals surface area contributed by atoms with Gasteiger partial charge in [-0.25, -0.2) is 0 Å². The van der Waals surface area contributed by atoms with Crippen LogP contribution in [0.25, 0.3) is 0 Å². The van der Waals surface area contributed by atoms with Crippen molar-refractivity contribution in [2.24, 2.45) is 0 Å². The first-order valence-corrected chi connectivity index (χ1v) is 4.00. The molecule has 0 aromatic heterocycles. The molecular weight excluding hydrogens is 572 g/mol. The summed E-state index contributed by atoms with van der Waals surface area (Å²) in [7, 11) is -10.3. The van der Waals surface area contributed by atoms with Crippen LogP contribution in [0.2, 0.25) is 0 Å². The molecule has 0 aliphatic rings. The van der Waals surface area contributed by atoms with Gasteiger partial charge in [-0.2, -0.15) is 0 Å². The van der Waals surface area contributed by atoms with Crippen molar-refractivity contribution >= 4 is 20.8 Å². The Kier molecular flexibility index (Phi) is 42.7. The zero-order valence-corrected chi connectivity index (χ0v) is 19.7. The summed E-state index contributed by atoms with van der Waals surface area (Å²) in [6.45, 7) is 0. The maximum Gasteiger partial charge on any atom is 3.00 e. The predicted octanol–water partition coefficient (Wildman–Crippen LogP) is -16.2. The third-order valence-electron chi connectivity index (χ3n) is 0. The van der Waals surface area contributed by atoms with E-state index in [-0.39, 0.29) is 86.0 Å². The molecule has 0 amide bonds. The van der Waals surface area contributed by atoms with E-state index in [1.54, 1.807) is 0 Å². The van der Waals surface area contributed by atoms with Gasteiger partial charge in [-0.15, -0.1) is 0 Å². The molecule has 0 fully saturated rings. The summed E-state index contributed by atoms with van der Waals surface area (Å²) in [4.78, 5) is 0. The minimum absolute atomic E-state index is 0. The van der Waals surface area contributed by atoms with Gasteiger partial charge in [-0.3, -0.25) is 16.8 Å². The van der Waals surface area contributed by atoms with E-state index in [1.165, 1.54) is 0 Å². The number of rotatable bonds is 0. The van der Waals surface area contributed by atoms with Crippen molar-refractivity contribution in [2.45, 2.75) is 0 Å². The van der Waals surface area contributed by atoms with E-state index in [9.17, 15) is 0 Å². The summed E-state index contributed by atoms with van der Waals surface area (Å²) in [5.74, 6) is 0. The first kappa shape index (κ1) is 13.9. The average molecular weight is 626 g/mol. The third-order valence-corrected chi connectivity index (χ3v) is 0. The van der Waals surface area contributed by atoms with E-state index in [4.69, 9.17) is 69.4 Å². The fourth-order valence-corrected chi connectivity index (χ4v) is 0. The number of hydrogen-bond acceptors (Lipinski definition) is 8. The monoisotopic (exact) mass is 626 g/mol. The van der Waals surface area contributed by atoms with Crippen molar-refractivity contribution in [1.82, 2.24) is 0 Å². The van der Waals surface area contributed by atoms with Crippen molar-refractivity contribution in [3.05, 3.63) is 0 Å². The molecule has 24 heteroatoms. The maximum atomic E-state index is 8.52. The van der Waals surface area contributed by atoms with Gasteiger partial charge in [0.1, 0.15) is 0 Å². The van der Waals surface area contributed by atoms with Crippen LogP contribution in [0.15, 0.2) is 0 Å². The first-order valence-electron chi connectivity index (χ1n) is 11.6. The van der Waals surface area contributed by atoms with Crippen LogP contribution in [0.1, 0.15) is 0 Å². The van der Waals surface area contributed by atoms with Gasteiger partial charge >= 0.3 is 103 Å². The van der Waals surface area contributed by atoms with Gasteiger partial charge in [-0.1, -0.05) is 0 Å². The minimum Gasteiger partial charge on any atom is -0.759 e. The fourth-order valence-electron chi connectivity index (χ4n) is 0. The van der Waals surface area contributed by atoms with Gasteiger partial charge in [0.25, 0.3) is 0 Å². The Balaban J connectivity index is -0.0000000164. The largest absolute Gasteiger partial charge is 3.00 e. The van der Waals surface area contributed by atoms with E-state index in [2.05, 4.69) is 32.9 Å². The molecule has 0 saturated heterocycles. The van der Waals surface area contributed by atoms with Crippen molar-refractivity contribution < 1.29 is 187 Å². The molecule has 0 heterocycles.